The Morgan fingerprint density at radius 2 is 2.11 bits per heavy atom. The summed E-state index contributed by atoms with van der Waals surface area (Å²) in [5, 5.41) is 3.19. The highest BCUT2D eigenvalue weighted by Gasteiger charge is 2.31. The van der Waals surface area contributed by atoms with Crippen molar-refractivity contribution in [2.75, 3.05) is 19.6 Å². The molecule has 0 radical (unpaired) electrons. The SMILES string of the molecule is CCNCc1ccccc1S(=O)(=O)N1CCC(C)C1. The van der Waals surface area contributed by atoms with Crippen molar-refractivity contribution >= 4 is 10.0 Å². The van der Waals surface area contributed by atoms with Crippen LogP contribution < -0.4 is 5.32 Å². The Labute approximate surface area is 115 Å². The van der Waals surface area contributed by atoms with E-state index in [2.05, 4.69) is 12.2 Å². The largest absolute Gasteiger partial charge is 0.313 e. The number of rotatable bonds is 5. The van der Waals surface area contributed by atoms with Crippen LogP contribution in [0.4, 0.5) is 0 Å². The minimum atomic E-state index is -3.34. The summed E-state index contributed by atoms with van der Waals surface area (Å²) in [6, 6.07) is 7.28. The van der Waals surface area contributed by atoms with Crippen molar-refractivity contribution in [3.63, 3.8) is 0 Å². The van der Waals surface area contributed by atoms with Crippen molar-refractivity contribution in [2.45, 2.75) is 31.7 Å². The summed E-state index contributed by atoms with van der Waals surface area (Å²) in [4.78, 5) is 0.449. The molecule has 4 nitrogen and oxygen atoms in total. The van der Waals surface area contributed by atoms with E-state index in [0.717, 1.165) is 18.5 Å². The van der Waals surface area contributed by atoms with Gasteiger partial charge in [0.05, 0.1) is 4.90 Å². The molecule has 1 saturated heterocycles. The summed E-state index contributed by atoms with van der Waals surface area (Å²) in [6.45, 7) is 6.81. The van der Waals surface area contributed by atoms with E-state index in [1.807, 2.05) is 19.1 Å². The molecular weight excluding hydrogens is 260 g/mol. The van der Waals surface area contributed by atoms with Gasteiger partial charge >= 0.3 is 0 Å². The van der Waals surface area contributed by atoms with Crippen LogP contribution in [0.25, 0.3) is 0 Å². The van der Waals surface area contributed by atoms with Gasteiger partial charge in [0.25, 0.3) is 0 Å². The fourth-order valence-electron chi connectivity index (χ4n) is 2.41. The fraction of sp³-hybridized carbons (Fsp3) is 0.571. The predicted octanol–water partition coefficient (Wildman–Crippen LogP) is 1.83. The zero-order valence-corrected chi connectivity index (χ0v) is 12.4. The molecule has 0 saturated carbocycles. The minimum absolute atomic E-state index is 0.449. The first-order chi connectivity index (χ1) is 9.05. The molecule has 1 unspecified atom stereocenters. The normalized spacial score (nSPS) is 20.8. The van der Waals surface area contributed by atoms with Crippen molar-refractivity contribution < 1.29 is 8.42 Å². The second kappa shape index (κ2) is 6.03. The summed E-state index contributed by atoms with van der Waals surface area (Å²) < 4.78 is 26.9. The van der Waals surface area contributed by atoms with Crippen LogP contribution in [-0.4, -0.2) is 32.4 Å². The Kier molecular flexibility index (Phi) is 4.60. The average Bonchev–Trinajstić information content (AvgIpc) is 2.84. The highest BCUT2D eigenvalue weighted by molar-refractivity contribution is 7.89. The van der Waals surface area contributed by atoms with Crippen molar-refractivity contribution in [1.82, 2.24) is 9.62 Å². The Hall–Kier alpha value is -0.910. The van der Waals surface area contributed by atoms with Gasteiger partial charge < -0.3 is 5.32 Å². The van der Waals surface area contributed by atoms with Crippen LogP contribution in [0, 0.1) is 5.92 Å². The number of hydrogen-bond donors (Lipinski definition) is 1. The quantitative estimate of drug-likeness (QED) is 0.896. The summed E-state index contributed by atoms with van der Waals surface area (Å²) in [5.41, 5.74) is 0.851. The lowest BCUT2D eigenvalue weighted by molar-refractivity contribution is 0.463. The van der Waals surface area contributed by atoms with E-state index >= 15 is 0 Å². The highest BCUT2D eigenvalue weighted by Crippen LogP contribution is 2.26. The first-order valence-corrected chi connectivity index (χ1v) is 8.28. The van der Waals surface area contributed by atoms with E-state index in [1.54, 1.807) is 16.4 Å². The van der Waals surface area contributed by atoms with Gasteiger partial charge in [-0.15, -0.1) is 0 Å². The molecule has 0 aromatic heterocycles. The van der Waals surface area contributed by atoms with Gasteiger partial charge in [0.15, 0.2) is 0 Å². The number of benzene rings is 1. The summed E-state index contributed by atoms with van der Waals surface area (Å²) in [5.74, 6) is 0.454. The first kappa shape index (κ1) is 14.5. The molecule has 1 fully saturated rings. The summed E-state index contributed by atoms with van der Waals surface area (Å²) >= 11 is 0. The molecule has 1 aromatic rings. The van der Waals surface area contributed by atoms with Crippen LogP contribution in [-0.2, 0) is 16.6 Å². The van der Waals surface area contributed by atoms with Crippen LogP contribution in [0.15, 0.2) is 29.2 Å². The lowest BCUT2D eigenvalue weighted by Crippen LogP contribution is -2.30. The van der Waals surface area contributed by atoms with E-state index in [1.165, 1.54) is 0 Å². The molecule has 2 rings (SSSR count). The average molecular weight is 282 g/mol. The molecule has 0 bridgehead atoms. The van der Waals surface area contributed by atoms with Crippen molar-refractivity contribution in [3.05, 3.63) is 29.8 Å². The molecule has 0 amide bonds. The van der Waals surface area contributed by atoms with Crippen LogP contribution in [0.5, 0.6) is 0 Å². The van der Waals surface area contributed by atoms with E-state index in [0.29, 0.717) is 30.4 Å². The molecule has 0 spiro atoms. The Bertz CT molecular complexity index is 528. The molecule has 1 atom stereocenters. The maximum absolute atomic E-state index is 12.7. The standard InChI is InChI=1S/C14H22N2O2S/c1-3-15-10-13-6-4-5-7-14(13)19(17,18)16-9-8-12(2)11-16/h4-7,12,15H,3,8-11H2,1-2H3. The third-order valence-electron chi connectivity index (χ3n) is 3.54. The molecule has 1 N–H and O–H groups in total. The molecule has 0 aliphatic carbocycles. The third-order valence-corrected chi connectivity index (χ3v) is 5.51. The monoisotopic (exact) mass is 282 g/mol. The van der Waals surface area contributed by atoms with Crippen molar-refractivity contribution in [3.8, 4) is 0 Å². The number of sulfonamides is 1. The lowest BCUT2D eigenvalue weighted by atomic mass is 10.2. The molecule has 19 heavy (non-hydrogen) atoms. The first-order valence-electron chi connectivity index (χ1n) is 6.84. The van der Waals surface area contributed by atoms with Crippen LogP contribution in [0.2, 0.25) is 0 Å². The predicted molar refractivity (Wildman–Crippen MR) is 76.4 cm³/mol. The highest BCUT2D eigenvalue weighted by atomic mass is 32.2. The van der Waals surface area contributed by atoms with Crippen LogP contribution >= 0.6 is 0 Å². The Morgan fingerprint density at radius 1 is 1.37 bits per heavy atom. The number of nitrogens with one attached hydrogen (secondary N) is 1. The summed E-state index contributed by atoms with van der Waals surface area (Å²) in [6.07, 6.45) is 0.953. The number of hydrogen-bond acceptors (Lipinski definition) is 3. The minimum Gasteiger partial charge on any atom is -0.313 e. The Morgan fingerprint density at radius 3 is 2.74 bits per heavy atom. The van der Waals surface area contributed by atoms with Crippen molar-refractivity contribution in [1.29, 1.82) is 0 Å². The van der Waals surface area contributed by atoms with Gasteiger partial charge in [-0.05, 0) is 30.5 Å². The van der Waals surface area contributed by atoms with Crippen LogP contribution in [0.1, 0.15) is 25.8 Å². The van der Waals surface area contributed by atoms with Gasteiger partial charge in [-0.3, -0.25) is 0 Å². The van der Waals surface area contributed by atoms with Gasteiger partial charge in [-0.2, -0.15) is 4.31 Å². The zero-order chi connectivity index (χ0) is 13.9. The summed E-state index contributed by atoms with van der Waals surface area (Å²) in [7, 11) is -3.34. The van der Waals surface area contributed by atoms with E-state index in [4.69, 9.17) is 0 Å². The fourth-order valence-corrected chi connectivity index (χ4v) is 4.21. The molecule has 1 aromatic carbocycles. The van der Waals surface area contributed by atoms with Gasteiger partial charge in [-0.1, -0.05) is 32.0 Å². The molecule has 1 aliphatic rings. The van der Waals surface area contributed by atoms with Crippen LogP contribution in [0.3, 0.4) is 0 Å². The van der Waals surface area contributed by atoms with Crippen molar-refractivity contribution in [2.24, 2.45) is 5.92 Å². The van der Waals surface area contributed by atoms with E-state index in [-0.39, 0.29) is 0 Å². The molecule has 106 valence electrons. The topological polar surface area (TPSA) is 49.4 Å². The molecule has 5 heteroatoms. The number of nitrogens with zero attached hydrogens (tertiary/aromatic N) is 1. The maximum atomic E-state index is 12.7. The van der Waals surface area contributed by atoms with Gasteiger partial charge in [0.1, 0.15) is 0 Å². The molecule has 1 heterocycles. The van der Waals surface area contributed by atoms with E-state index < -0.39 is 10.0 Å². The van der Waals surface area contributed by atoms with E-state index in [9.17, 15) is 8.42 Å². The molecule has 1 aliphatic heterocycles. The third kappa shape index (κ3) is 3.16. The second-order valence-electron chi connectivity index (χ2n) is 5.14. The lowest BCUT2D eigenvalue weighted by Gasteiger charge is -2.18. The van der Waals surface area contributed by atoms with Gasteiger partial charge in [0.2, 0.25) is 10.0 Å². The molecular formula is C14H22N2O2S. The zero-order valence-electron chi connectivity index (χ0n) is 11.6. The smallest absolute Gasteiger partial charge is 0.243 e. The Balaban J connectivity index is 2.29. The maximum Gasteiger partial charge on any atom is 0.243 e. The van der Waals surface area contributed by atoms with Gasteiger partial charge in [0, 0.05) is 19.6 Å². The second-order valence-corrected chi connectivity index (χ2v) is 7.05. The van der Waals surface area contributed by atoms with Gasteiger partial charge in [-0.25, -0.2) is 8.42 Å².